The van der Waals surface area contributed by atoms with E-state index in [1.807, 2.05) is 6.92 Å². The van der Waals surface area contributed by atoms with Gasteiger partial charge in [0.2, 0.25) is 0 Å². The number of carboxylic acids is 1. The summed E-state index contributed by atoms with van der Waals surface area (Å²) in [5.41, 5.74) is 0. The van der Waals surface area contributed by atoms with E-state index in [4.69, 9.17) is 14.6 Å². The van der Waals surface area contributed by atoms with Crippen LogP contribution in [0.4, 0.5) is 0 Å². The first kappa shape index (κ1) is 21.3. The molecule has 0 aliphatic carbocycles. The third-order valence-electron chi connectivity index (χ3n) is 4.36. The highest BCUT2D eigenvalue weighted by Crippen LogP contribution is 2.23. The van der Waals surface area contributed by atoms with E-state index in [1.165, 1.54) is 0 Å². The number of rotatable bonds is 11. The first-order chi connectivity index (χ1) is 11.3. The molecule has 7 nitrogen and oxygen atoms in total. The minimum atomic E-state index is -0.970. The van der Waals surface area contributed by atoms with Crippen LogP contribution in [-0.2, 0) is 14.3 Å². The van der Waals surface area contributed by atoms with Crippen molar-refractivity contribution in [2.75, 3.05) is 0 Å². The van der Waals surface area contributed by atoms with Gasteiger partial charge in [0.1, 0.15) is 6.10 Å². The molecule has 0 bridgehead atoms. The Kier molecular flexibility index (Phi) is 9.76. The van der Waals surface area contributed by atoms with Crippen molar-refractivity contribution in [2.45, 2.75) is 102 Å². The van der Waals surface area contributed by atoms with Gasteiger partial charge in [-0.25, -0.2) is 0 Å². The van der Waals surface area contributed by atoms with Crippen molar-refractivity contribution in [3.8, 4) is 0 Å². The maximum Gasteiger partial charge on any atom is 0.305 e. The molecule has 1 heterocycles. The molecule has 1 saturated heterocycles. The fraction of sp³-hybridized carbons (Fsp3) is 0.941. The van der Waals surface area contributed by atoms with Crippen molar-refractivity contribution in [1.29, 1.82) is 0 Å². The predicted octanol–water partition coefficient (Wildman–Crippen LogP) is 1.42. The average molecular weight is 348 g/mol. The van der Waals surface area contributed by atoms with E-state index in [-0.39, 0.29) is 25.0 Å². The van der Waals surface area contributed by atoms with Gasteiger partial charge in [-0.05, 0) is 26.7 Å². The molecular weight excluding hydrogens is 316 g/mol. The molecule has 7 heteroatoms. The van der Waals surface area contributed by atoms with Gasteiger partial charge in [0, 0.05) is 6.42 Å². The van der Waals surface area contributed by atoms with E-state index in [9.17, 15) is 20.1 Å². The Morgan fingerprint density at radius 2 is 1.79 bits per heavy atom. The molecule has 6 atom stereocenters. The summed E-state index contributed by atoms with van der Waals surface area (Å²) < 4.78 is 11.2. The van der Waals surface area contributed by atoms with E-state index in [0.29, 0.717) is 6.42 Å². The molecule has 1 aliphatic heterocycles. The summed E-state index contributed by atoms with van der Waals surface area (Å²) in [6.45, 7) is 3.69. The second-order valence-corrected chi connectivity index (χ2v) is 6.77. The molecule has 0 saturated carbocycles. The van der Waals surface area contributed by atoms with Crippen LogP contribution in [-0.4, -0.2) is 63.2 Å². The Morgan fingerprint density at radius 1 is 1.17 bits per heavy atom. The van der Waals surface area contributed by atoms with Crippen molar-refractivity contribution in [3.05, 3.63) is 0 Å². The standard InChI is InChI=1S/C17H32O7/c1-11(23-17-15(20)10-14(19)12(2)24-17)7-5-3-4-6-8-13(18)9-16(21)22/h11-15,17-20H,3-10H2,1-2H3,(H,21,22)/t11-,12?,13?,14-,15?,17-/m1/s1. The van der Waals surface area contributed by atoms with Crippen LogP contribution in [0.2, 0.25) is 0 Å². The molecular formula is C17H32O7. The molecule has 0 spiro atoms. The van der Waals surface area contributed by atoms with Crippen LogP contribution in [0.25, 0.3) is 0 Å². The van der Waals surface area contributed by atoms with Crippen LogP contribution in [0.3, 0.4) is 0 Å². The lowest BCUT2D eigenvalue weighted by Gasteiger charge is -2.36. The summed E-state index contributed by atoms with van der Waals surface area (Å²) in [5.74, 6) is -0.970. The minimum absolute atomic E-state index is 0.0512. The molecule has 142 valence electrons. The number of aliphatic hydroxyl groups is 3. The van der Waals surface area contributed by atoms with Crippen LogP contribution in [0.15, 0.2) is 0 Å². The zero-order valence-electron chi connectivity index (χ0n) is 14.6. The van der Waals surface area contributed by atoms with Gasteiger partial charge in [-0.2, -0.15) is 0 Å². The molecule has 1 rings (SSSR count). The number of carbonyl (C=O) groups is 1. The largest absolute Gasteiger partial charge is 0.481 e. The normalized spacial score (nSPS) is 30.0. The van der Waals surface area contributed by atoms with Crippen LogP contribution < -0.4 is 0 Å². The van der Waals surface area contributed by atoms with Gasteiger partial charge < -0.3 is 29.9 Å². The summed E-state index contributed by atoms with van der Waals surface area (Å²) in [6.07, 6.45) is 1.79. The van der Waals surface area contributed by atoms with Crippen LogP contribution >= 0.6 is 0 Å². The monoisotopic (exact) mass is 348 g/mol. The van der Waals surface area contributed by atoms with Crippen molar-refractivity contribution < 1.29 is 34.7 Å². The number of unbranched alkanes of at least 4 members (excludes halogenated alkanes) is 3. The molecule has 0 aromatic heterocycles. The number of ether oxygens (including phenoxy) is 2. The predicted molar refractivity (Wildman–Crippen MR) is 87.5 cm³/mol. The lowest BCUT2D eigenvalue weighted by Crippen LogP contribution is -2.48. The third kappa shape index (κ3) is 8.39. The van der Waals surface area contributed by atoms with E-state index < -0.39 is 30.6 Å². The highest BCUT2D eigenvalue weighted by atomic mass is 16.7. The maximum atomic E-state index is 10.4. The maximum absolute atomic E-state index is 10.4. The second-order valence-electron chi connectivity index (χ2n) is 6.77. The smallest absolute Gasteiger partial charge is 0.305 e. The van der Waals surface area contributed by atoms with E-state index >= 15 is 0 Å². The Morgan fingerprint density at radius 3 is 2.42 bits per heavy atom. The average Bonchev–Trinajstić information content (AvgIpc) is 2.47. The van der Waals surface area contributed by atoms with Gasteiger partial charge in [0.25, 0.3) is 0 Å². The molecule has 4 N–H and O–H groups in total. The van der Waals surface area contributed by atoms with Crippen molar-refractivity contribution in [3.63, 3.8) is 0 Å². The van der Waals surface area contributed by atoms with E-state index in [1.54, 1.807) is 6.92 Å². The first-order valence-electron chi connectivity index (χ1n) is 8.86. The Labute approximate surface area is 143 Å². The van der Waals surface area contributed by atoms with Gasteiger partial charge in [0.05, 0.1) is 30.8 Å². The van der Waals surface area contributed by atoms with Gasteiger partial charge in [-0.1, -0.05) is 25.7 Å². The summed E-state index contributed by atoms with van der Waals surface area (Å²) in [5, 5.41) is 37.5. The fourth-order valence-corrected chi connectivity index (χ4v) is 2.83. The highest BCUT2D eigenvalue weighted by Gasteiger charge is 2.35. The number of aliphatic carboxylic acids is 1. The Balaban J connectivity index is 2.07. The molecule has 3 unspecified atom stereocenters. The summed E-state index contributed by atoms with van der Waals surface area (Å²) in [6, 6.07) is 0. The fourth-order valence-electron chi connectivity index (χ4n) is 2.83. The lowest BCUT2D eigenvalue weighted by molar-refractivity contribution is -0.273. The highest BCUT2D eigenvalue weighted by molar-refractivity contribution is 5.67. The minimum Gasteiger partial charge on any atom is -0.481 e. The molecule has 1 aliphatic rings. The summed E-state index contributed by atoms with van der Waals surface area (Å²) >= 11 is 0. The van der Waals surface area contributed by atoms with Gasteiger partial charge in [0.15, 0.2) is 6.29 Å². The molecule has 0 amide bonds. The van der Waals surface area contributed by atoms with Crippen molar-refractivity contribution >= 4 is 5.97 Å². The summed E-state index contributed by atoms with van der Waals surface area (Å²) in [7, 11) is 0. The van der Waals surface area contributed by atoms with Crippen LogP contribution in [0, 0.1) is 0 Å². The number of aliphatic hydroxyl groups excluding tert-OH is 3. The third-order valence-corrected chi connectivity index (χ3v) is 4.36. The number of hydrogen-bond acceptors (Lipinski definition) is 6. The quantitative estimate of drug-likeness (QED) is 0.417. The van der Waals surface area contributed by atoms with Crippen molar-refractivity contribution in [1.82, 2.24) is 0 Å². The van der Waals surface area contributed by atoms with Gasteiger partial charge >= 0.3 is 5.97 Å². The van der Waals surface area contributed by atoms with E-state index in [0.717, 1.165) is 32.1 Å². The summed E-state index contributed by atoms with van der Waals surface area (Å²) in [4.78, 5) is 10.4. The second kappa shape index (κ2) is 11.0. The first-order valence-corrected chi connectivity index (χ1v) is 8.86. The Hall–Kier alpha value is -0.730. The number of hydrogen-bond donors (Lipinski definition) is 4. The zero-order chi connectivity index (χ0) is 18.1. The van der Waals surface area contributed by atoms with Gasteiger partial charge in [-0.3, -0.25) is 4.79 Å². The van der Waals surface area contributed by atoms with E-state index in [2.05, 4.69) is 0 Å². The number of carboxylic acid groups (broad SMARTS) is 1. The lowest BCUT2D eigenvalue weighted by atomic mass is 10.0. The molecule has 24 heavy (non-hydrogen) atoms. The van der Waals surface area contributed by atoms with Crippen LogP contribution in [0.1, 0.15) is 65.2 Å². The topological polar surface area (TPSA) is 116 Å². The zero-order valence-corrected chi connectivity index (χ0v) is 14.6. The van der Waals surface area contributed by atoms with Gasteiger partial charge in [-0.15, -0.1) is 0 Å². The SMILES string of the molecule is CC1O[C@@H](O[C@H](C)CCCCCCC(O)CC(=O)O)C(O)C[C@H]1O. The van der Waals surface area contributed by atoms with Crippen molar-refractivity contribution in [2.24, 2.45) is 0 Å². The van der Waals surface area contributed by atoms with Crippen LogP contribution in [0.5, 0.6) is 0 Å². The molecule has 0 aromatic rings. The Bertz CT molecular complexity index is 363. The molecule has 1 fully saturated rings. The molecule has 0 aromatic carbocycles. The molecule has 0 radical (unpaired) electrons.